The summed E-state index contributed by atoms with van der Waals surface area (Å²) < 4.78 is 16.1. The second kappa shape index (κ2) is 10.5. The number of amides is 2. The van der Waals surface area contributed by atoms with E-state index >= 15 is 0 Å². The lowest BCUT2D eigenvalue weighted by atomic mass is 9.94. The predicted molar refractivity (Wildman–Crippen MR) is 141 cm³/mol. The van der Waals surface area contributed by atoms with Crippen LogP contribution in [-0.4, -0.2) is 43.3 Å². The van der Waals surface area contributed by atoms with Crippen LogP contribution in [0.5, 0.6) is 0 Å². The molecule has 0 bridgehead atoms. The number of hydrogen-bond acceptors (Lipinski definition) is 4. The smallest absolute Gasteiger partial charge is 0.255 e. The molecule has 2 aromatic heterocycles. The summed E-state index contributed by atoms with van der Waals surface area (Å²) in [5, 5.41) is 0. The standard InChI is InChI=1S/C29H30FN5O2/c1-3-9-23-25(4-2)34(21-11-6-5-7-12-21)29(37)28(23)35(22-13-8-10-20(30)16-22)27(36)18-33-19-32-24-17-31-15-14-26(24)33/h3-4,8-10,13-17,19,21,28H,2,5-7,11-12,18H2,1H3/b9-3-. The maximum Gasteiger partial charge on any atom is 0.255 e. The molecule has 2 aliphatic rings. The molecule has 1 atom stereocenters. The zero-order valence-electron chi connectivity index (χ0n) is 20.9. The quantitative estimate of drug-likeness (QED) is 0.450. The summed E-state index contributed by atoms with van der Waals surface area (Å²) in [6.07, 6.45) is 15.3. The van der Waals surface area contributed by atoms with E-state index in [1.807, 2.05) is 24.0 Å². The lowest BCUT2D eigenvalue weighted by molar-refractivity contribution is -0.132. The van der Waals surface area contributed by atoms with E-state index in [0.29, 0.717) is 22.5 Å². The van der Waals surface area contributed by atoms with Crippen LogP contribution >= 0.6 is 0 Å². The van der Waals surface area contributed by atoms with Crippen LogP contribution in [0.2, 0.25) is 0 Å². The summed E-state index contributed by atoms with van der Waals surface area (Å²) in [5.74, 6) is -1.02. The summed E-state index contributed by atoms with van der Waals surface area (Å²) in [6, 6.07) is 6.74. The van der Waals surface area contributed by atoms with Gasteiger partial charge in [-0.05, 0) is 50.1 Å². The Hall–Kier alpha value is -4.07. The first-order valence-electron chi connectivity index (χ1n) is 12.7. The van der Waals surface area contributed by atoms with Crippen LogP contribution < -0.4 is 4.90 Å². The SMILES string of the molecule is C=CC1=C(/C=C\C)C(N(C(=O)Cn2cnc3cnccc32)c2cccc(F)c2)C(=O)N1C1CCCCC1. The molecule has 1 saturated carbocycles. The Morgan fingerprint density at radius 1 is 1.24 bits per heavy atom. The summed E-state index contributed by atoms with van der Waals surface area (Å²) in [7, 11) is 0. The average Bonchev–Trinajstić information content (AvgIpc) is 3.43. The zero-order valence-corrected chi connectivity index (χ0v) is 20.9. The van der Waals surface area contributed by atoms with Crippen LogP contribution in [0, 0.1) is 5.82 Å². The highest BCUT2D eigenvalue weighted by molar-refractivity contribution is 6.05. The minimum absolute atomic E-state index is 0.0501. The van der Waals surface area contributed by atoms with Gasteiger partial charge in [-0.25, -0.2) is 9.37 Å². The topological polar surface area (TPSA) is 71.3 Å². The Balaban J connectivity index is 1.60. The van der Waals surface area contributed by atoms with Crippen molar-refractivity contribution < 1.29 is 14.0 Å². The van der Waals surface area contributed by atoms with Gasteiger partial charge in [0.2, 0.25) is 5.91 Å². The Bertz CT molecular complexity index is 1400. The number of anilines is 1. The third-order valence-electron chi connectivity index (χ3n) is 7.14. The normalized spacial score (nSPS) is 18.8. The van der Waals surface area contributed by atoms with Gasteiger partial charge in [0.1, 0.15) is 23.9 Å². The van der Waals surface area contributed by atoms with Crippen molar-refractivity contribution in [3.05, 3.63) is 90.9 Å². The second-order valence-corrected chi connectivity index (χ2v) is 9.43. The van der Waals surface area contributed by atoms with E-state index in [4.69, 9.17) is 0 Å². The highest BCUT2D eigenvalue weighted by Crippen LogP contribution is 2.38. The molecule has 3 heterocycles. The highest BCUT2D eigenvalue weighted by atomic mass is 19.1. The van der Waals surface area contributed by atoms with Gasteiger partial charge in [0.05, 0.1) is 18.0 Å². The predicted octanol–water partition coefficient (Wildman–Crippen LogP) is 5.16. The molecule has 37 heavy (non-hydrogen) atoms. The molecule has 3 aromatic rings. The number of pyridine rings is 1. The average molecular weight is 500 g/mol. The molecule has 7 nitrogen and oxygen atoms in total. The van der Waals surface area contributed by atoms with Crippen LogP contribution in [0.1, 0.15) is 39.0 Å². The molecule has 1 aliphatic heterocycles. The molecule has 1 unspecified atom stereocenters. The Morgan fingerprint density at radius 3 is 2.78 bits per heavy atom. The molecule has 5 rings (SSSR count). The number of rotatable bonds is 7. The van der Waals surface area contributed by atoms with E-state index in [1.54, 1.807) is 47.6 Å². The number of allylic oxidation sites excluding steroid dienone is 2. The molecule has 190 valence electrons. The maximum absolute atomic E-state index is 14.4. The number of hydrogen-bond donors (Lipinski definition) is 0. The summed E-state index contributed by atoms with van der Waals surface area (Å²) in [6.45, 7) is 5.81. The summed E-state index contributed by atoms with van der Waals surface area (Å²) >= 11 is 0. The van der Waals surface area contributed by atoms with Gasteiger partial charge in [0.15, 0.2) is 0 Å². The van der Waals surface area contributed by atoms with E-state index in [1.165, 1.54) is 17.0 Å². The number of aromatic nitrogens is 3. The van der Waals surface area contributed by atoms with Gasteiger partial charge in [-0.15, -0.1) is 0 Å². The van der Waals surface area contributed by atoms with Crippen LogP contribution in [0.15, 0.2) is 85.1 Å². The van der Waals surface area contributed by atoms with Crippen molar-refractivity contribution in [1.82, 2.24) is 19.4 Å². The van der Waals surface area contributed by atoms with Crippen molar-refractivity contribution >= 4 is 28.5 Å². The fraction of sp³-hybridized carbons (Fsp3) is 0.310. The number of benzene rings is 1. The molecular weight excluding hydrogens is 469 g/mol. The molecule has 0 radical (unpaired) electrons. The van der Waals surface area contributed by atoms with E-state index < -0.39 is 11.9 Å². The third-order valence-corrected chi connectivity index (χ3v) is 7.14. The van der Waals surface area contributed by atoms with Crippen LogP contribution in [0.3, 0.4) is 0 Å². The van der Waals surface area contributed by atoms with Crippen molar-refractivity contribution in [2.24, 2.45) is 0 Å². The number of imidazole rings is 1. The molecule has 8 heteroatoms. The summed E-state index contributed by atoms with van der Waals surface area (Å²) in [4.78, 5) is 39.9. The molecule has 0 spiro atoms. The molecule has 1 aromatic carbocycles. The van der Waals surface area contributed by atoms with Crippen LogP contribution in [0.4, 0.5) is 10.1 Å². The Morgan fingerprint density at radius 2 is 2.05 bits per heavy atom. The van der Waals surface area contributed by atoms with Gasteiger partial charge in [0.25, 0.3) is 5.91 Å². The van der Waals surface area contributed by atoms with Gasteiger partial charge >= 0.3 is 0 Å². The van der Waals surface area contributed by atoms with Gasteiger partial charge in [-0.1, -0.05) is 44.1 Å². The molecule has 0 saturated heterocycles. The first-order chi connectivity index (χ1) is 18.0. The maximum atomic E-state index is 14.4. The summed E-state index contributed by atoms with van der Waals surface area (Å²) in [5.41, 5.74) is 3.14. The monoisotopic (exact) mass is 499 g/mol. The first kappa shape index (κ1) is 24.6. The molecular formula is C29H30FN5O2. The lowest BCUT2D eigenvalue weighted by Crippen LogP contribution is -2.50. The lowest BCUT2D eigenvalue weighted by Gasteiger charge is -2.34. The van der Waals surface area contributed by atoms with Gasteiger partial charge < -0.3 is 9.47 Å². The van der Waals surface area contributed by atoms with Crippen LogP contribution in [0.25, 0.3) is 11.0 Å². The molecule has 2 amide bonds. The highest BCUT2D eigenvalue weighted by Gasteiger charge is 2.46. The minimum atomic E-state index is -0.933. The minimum Gasteiger partial charge on any atom is -0.321 e. The number of carbonyl (C=O) groups is 2. The Labute approximate surface area is 215 Å². The molecule has 1 aliphatic carbocycles. The number of halogens is 1. The van der Waals surface area contributed by atoms with Crippen molar-refractivity contribution in [2.75, 3.05) is 4.90 Å². The fourth-order valence-corrected chi connectivity index (χ4v) is 5.53. The fourth-order valence-electron chi connectivity index (χ4n) is 5.53. The van der Waals surface area contributed by atoms with Gasteiger partial charge in [-0.2, -0.15) is 0 Å². The van der Waals surface area contributed by atoms with Crippen molar-refractivity contribution in [2.45, 2.75) is 57.7 Å². The van der Waals surface area contributed by atoms with E-state index in [9.17, 15) is 14.0 Å². The second-order valence-electron chi connectivity index (χ2n) is 9.43. The molecule has 0 N–H and O–H groups in total. The molecule has 1 fully saturated rings. The van der Waals surface area contributed by atoms with E-state index in [-0.39, 0.29) is 24.4 Å². The third kappa shape index (κ3) is 4.59. The van der Waals surface area contributed by atoms with Crippen molar-refractivity contribution in [1.29, 1.82) is 0 Å². The number of carbonyl (C=O) groups excluding carboxylic acids is 2. The van der Waals surface area contributed by atoms with E-state index in [0.717, 1.165) is 37.6 Å². The first-order valence-corrected chi connectivity index (χ1v) is 12.7. The van der Waals surface area contributed by atoms with Crippen LogP contribution in [-0.2, 0) is 16.1 Å². The number of nitrogens with zero attached hydrogens (tertiary/aromatic N) is 5. The van der Waals surface area contributed by atoms with Gasteiger partial charge in [0, 0.05) is 29.2 Å². The van der Waals surface area contributed by atoms with Crippen molar-refractivity contribution in [3.8, 4) is 0 Å². The van der Waals surface area contributed by atoms with Crippen molar-refractivity contribution in [3.63, 3.8) is 0 Å². The van der Waals surface area contributed by atoms with Gasteiger partial charge in [-0.3, -0.25) is 19.5 Å². The number of fused-ring (bicyclic) bond motifs is 1. The Kier molecular flexibility index (Phi) is 6.99. The largest absolute Gasteiger partial charge is 0.321 e. The zero-order chi connectivity index (χ0) is 25.9. The van der Waals surface area contributed by atoms with E-state index in [2.05, 4.69) is 16.5 Å².